The summed E-state index contributed by atoms with van der Waals surface area (Å²) in [6.07, 6.45) is -3.31. The molecule has 0 saturated carbocycles. The highest BCUT2D eigenvalue weighted by Crippen LogP contribution is 2.57. The summed E-state index contributed by atoms with van der Waals surface area (Å²) in [5, 5.41) is 20.8. The number of hydrogen-bond acceptors (Lipinski definition) is 10. The molecule has 1 aliphatic heterocycles. The lowest BCUT2D eigenvalue weighted by Gasteiger charge is -2.19. The Hall–Kier alpha value is -2.81. The molecule has 2 aromatic heterocycles. The Morgan fingerprint density at radius 3 is 2.38 bits per heavy atom. The van der Waals surface area contributed by atoms with Crippen LogP contribution in [0.15, 0.2) is 70.5 Å². The van der Waals surface area contributed by atoms with E-state index in [-0.39, 0.29) is 6.54 Å². The van der Waals surface area contributed by atoms with Crippen LogP contribution in [0.5, 0.6) is 0 Å². The summed E-state index contributed by atoms with van der Waals surface area (Å²) in [6.45, 7) is -1.14. The maximum absolute atomic E-state index is 13.2. The molecular formula is C22H25N3O12P2. The number of rotatable bonds is 10. The molecule has 1 aromatic carbocycles. The van der Waals surface area contributed by atoms with Gasteiger partial charge in [-0.05, 0) is 29.7 Å². The van der Waals surface area contributed by atoms with E-state index in [4.69, 9.17) is 14.5 Å². The smallest absolute Gasteiger partial charge is 0.387 e. The van der Waals surface area contributed by atoms with Gasteiger partial charge in [0.05, 0.1) is 18.8 Å². The van der Waals surface area contributed by atoms with Crippen molar-refractivity contribution in [1.29, 1.82) is 0 Å². The first kappa shape index (κ1) is 29.2. The summed E-state index contributed by atoms with van der Waals surface area (Å²) >= 11 is 0. The SMILES string of the molecule is O=c1ccn([C@@H]2O[C@H](COP(=O)(O)OP(=O)(O)O)[C@H](O)C2O)c(=O)n1Cc1cc(Cc2ccccc2)ccn1. The molecule has 0 amide bonds. The number of nitrogens with zero attached hydrogens (tertiary/aromatic N) is 3. The van der Waals surface area contributed by atoms with E-state index < -0.39 is 58.0 Å². The van der Waals surface area contributed by atoms with Crippen molar-refractivity contribution in [3.05, 3.63) is 98.6 Å². The molecule has 0 spiro atoms. The summed E-state index contributed by atoms with van der Waals surface area (Å²) < 4.78 is 37.7. The van der Waals surface area contributed by atoms with Crippen molar-refractivity contribution in [2.24, 2.45) is 0 Å². The van der Waals surface area contributed by atoms with Crippen molar-refractivity contribution >= 4 is 15.6 Å². The zero-order valence-electron chi connectivity index (χ0n) is 20.0. The highest BCUT2D eigenvalue weighted by atomic mass is 31.3. The average molecular weight is 585 g/mol. The molecule has 4 rings (SSSR count). The third-order valence-electron chi connectivity index (χ3n) is 5.77. The van der Waals surface area contributed by atoms with Crippen LogP contribution in [-0.2, 0) is 35.7 Å². The second kappa shape index (κ2) is 11.7. The first-order valence-electron chi connectivity index (χ1n) is 11.4. The quantitative estimate of drug-likeness (QED) is 0.196. The third kappa shape index (κ3) is 7.44. The summed E-state index contributed by atoms with van der Waals surface area (Å²) in [4.78, 5) is 56.7. The zero-order valence-corrected chi connectivity index (χ0v) is 21.8. The van der Waals surface area contributed by atoms with E-state index in [2.05, 4.69) is 13.8 Å². The molecule has 39 heavy (non-hydrogen) atoms. The van der Waals surface area contributed by atoms with Gasteiger partial charge in [-0.2, -0.15) is 4.31 Å². The lowest BCUT2D eigenvalue weighted by atomic mass is 10.1. The molecule has 15 nitrogen and oxygen atoms in total. The number of aromatic nitrogens is 3. The summed E-state index contributed by atoms with van der Waals surface area (Å²) in [7, 11) is -10.6. The molecular weight excluding hydrogens is 560 g/mol. The highest BCUT2D eigenvalue weighted by molar-refractivity contribution is 7.60. The van der Waals surface area contributed by atoms with Crippen molar-refractivity contribution in [3.8, 4) is 0 Å². The van der Waals surface area contributed by atoms with Gasteiger partial charge in [0.2, 0.25) is 0 Å². The Morgan fingerprint density at radius 2 is 1.69 bits per heavy atom. The first-order valence-corrected chi connectivity index (χ1v) is 14.4. The van der Waals surface area contributed by atoms with E-state index in [0.29, 0.717) is 12.1 Å². The largest absolute Gasteiger partial charge is 0.481 e. The number of benzene rings is 1. The van der Waals surface area contributed by atoms with Crippen molar-refractivity contribution in [2.45, 2.75) is 37.5 Å². The molecule has 1 saturated heterocycles. The first-order chi connectivity index (χ1) is 18.3. The van der Waals surface area contributed by atoms with Gasteiger partial charge in [0.25, 0.3) is 5.56 Å². The molecule has 5 atom stereocenters. The number of phosphoric ester groups is 1. The third-order valence-corrected chi connectivity index (χ3v) is 7.92. The number of phosphoric acid groups is 2. The zero-order chi connectivity index (χ0) is 28.4. The van der Waals surface area contributed by atoms with Gasteiger partial charge in [0, 0.05) is 18.5 Å². The number of pyridine rings is 1. The fourth-order valence-corrected chi connectivity index (χ4v) is 5.61. The maximum atomic E-state index is 13.2. The fraction of sp³-hybridized carbons (Fsp3) is 0.318. The predicted molar refractivity (Wildman–Crippen MR) is 132 cm³/mol. The molecule has 5 N–H and O–H groups in total. The van der Waals surface area contributed by atoms with E-state index in [1.807, 2.05) is 36.4 Å². The van der Waals surface area contributed by atoms with E-state index in [1.54, 1.807) is 12.3 Å². The van der Waals surface area contributed by atoms with Gasteiger partial charge in [-0.1, -0.05) is 30.3 Å². The Balaban J connectivity index is 1.52. The van der Waals surface area contributed by atoms with E-state index in [1.165, 1.54) is 0 Å². The normalized spacial score (nSPS) is 23.0. The van der Waals surface area contributed by atoms with Crippen molar-refractivity contribution < 1.29 is 47.6 Å². The molecule has 0 aliphatic carbocycles. The standard InChI is InChI=1S/C22H25N3O12P2/c26-18-7-9-24(21-20(28)19(27)17(36-21)13-35-39(33,34)37-38(30,31)32)22(29)25(18)12-16-11-15(6-8-23-16)10-14-4-2-1-3-5-14/h1-9,11,17,19-21,27-28H,10,12-13H2,(H,33,34)(H2,30,31,32)/t17-,19+,20?,21-/m1/s1. The summed E-state index contributed by atoms with van der Waals surface area (Å²) in [5.41, 5.74) is 0.830. The molecule has 1 aliphatic rings. The second-order valence-corrected chi connectivity index (χ2v) is 11.5. The minimum atomic E-state index is -5.38. The highest BCUT2D eigenvalue weighted by Gasteiger charge is 2.46. The van der Waals surface area contributed by atoms with Crippen LogP contribution in [0.3, 0.4) is 0 Å². The number of aliphatic hydroxyl groups excluding tert-OH is 2. The average Bonchev–Trinajstić information content (AvgIpc) is 3.13. The minimum Gasteiger partial charge on any atom is -0.387 e. The van der Waals surface area contributed by atoms with Crippen LogP contribution in [0.1, 0.15) is 23.0 Å². The van der Waals surface area contributed by atoms with Crippen LogP contribution >= 0.6 is 15.6 Å². The van der Waals surface area contributed by atoms with Crippen molar-refractivity contribution in [1.82, 2.24) is 14.1 Å². The number of aliphatic hydroxyl groups is 2. The molecule has 1 fully saturated rings. The Kier molecular flexibility index (Phi) is 8.78. The van der Waals surface area contributed by atoms with Crippen molar-refractivity contribution in [3.63, 3.8) is 0 Å². The van der Waals surface area contributed by atoms with Gasteiger partial charge in [0.1, 0.15) is 18.3 Å². The number of ether oxygens (including phenoxy) is 1. The van der Waals surface area contributed by atoms with E-state index >= 15 is 0 Å². The predicted octanol–water partition coefficient (Wildman–Crippen LogP) is -0.110. The van der Waals surface area contributed by atoms with Crippen LogP contribution < -0.4 is 11.2 Å². The second-order valence-electron chi connectivity index (χ2n) is 8.63. The molecule has 0 radical (unpaired) electrons. The molecule has 3 aromatic rings. The fourth-order valence-electron chi connectivity index (χ4n) is 4.01. The molecule has 17 heteroatoms. The number of hydrogen-bond donors (Lipinski definition) is 5. The van der Waals surface area contributed by atoms with Crippen LogP contribution in [0, 0.1) is 0 Å². The Bertz CT molecular complexity index is 1520. The lowest BCUT2D eigenvalue weighted by Crippen LogP contribution is -2.43. The maximum Gasteiger partial charge on any atom is 0.481 e. The van der Waals surface area contributed by atoms with Crippen LogP contribution in [0.25, 0.3) is 0 Å². The van der Waals surface area contributed by atoms with Crippen molar-refractivity contribution in [2.75, 3.05) is 6.61 Å². The molecule has 0 bridgehead atoms. The Labute approximate surface area is 220 Å². The van der Waals surface area contributed by atoms with Gasteiger partial charge in [-0.3, -0.25) is 23.4 Å². The molecule has 3 heterocycles. The summed E-state index contributed by atoms with van der Waals surface area (Å²) in [5.74, 6) is 0. The van der Waals surface area contributed by atoms with E-state index in [0.717, 1.165) is 32.5 Å². The van der Waals surface area contributed by atoms with Gasteiger partial charge in [0.15, 0.2) is 6.23 Å². The van der Waals surface area contributed by atoms with Crippen LogP contribution in [0.2, 0.25) is 0 Å². The van der Waals surface area contributed by atoms with Gasteiger partial charge < -0.3 is 29.6 Å². The Morgan fingerprint density at radius 1 is 0.974 bits per heavy atom. The molecule has 210 valence electrons. The van der Waals surface area contributed by atoms with Crippen LogP contribution in [0.4, 0.5) is 0 Å². The van der Waals surface area contributed by atoms with Gasteiger partial charge >= 0.3 is 21.3 Å². The molecule has 2 unspecified atom stereocenters. The monoisotopic (exact) mass is 585 g/mol. The van der Waals surface area contributed by atoms with E-state index in [9.17, 15) is 33.8 Å². The summed E-state index contributed by atoms with van der Waals surface area (Å²) in [6, 6.07) is 14.3. The van der Waals surface area contributed by atoms with Gasteiger partial charge in [-0.25, -0.2) is 13.9 Å². The topological polar surface area (TPSA) is 220 Å². The lowest BCUT2D eigenvalue weighted by molar-refractivity contribution is -0.0547. The minimum absolute atomic E-state index is 0.202. The van der Waals surface area contributed by atoms with Gasteiger partial charge in [-0.15, -0.1) is 0 Å². The van der Waals surface area contributed by atoms with Crippen LogP contribution in [-0.4, -0.2) is 63.9 Å².